The Balaban J connectivity index is 1.26. The molecule has 0 radical (unpaired) electrons. The number of likely N-dealkylation sites (tertiary alicyclic amines) is 2. The van der Waals surface area contributed by atoms with Gasteiger partial charge in [0.15, 0.2) is 0 Å². The van der Waals surface area contributed by atoms with Gasteiger partial charge in [-0.25, -0.2) is 4.79 Å². The van der Waals surface area contributed by atoms with Gasteiger partial charge in [0.25, 0.3) is 0 Å². The van der Waals surface area contributed by atoms with Crippen LogP contribution in [0.2, 0.25) is 0 Å². The van der Waals surface area contributed by atoms with Crippen molar-refractivity contribution in [2.75, 3.05) is 39.3 Å². The number of carbonyl (C=O) groups excluding carboxylic acids is 1. The Labute approximate surface area is 174 Å². The number of aryl methyl sites for hydroxylation is 1. The fourth-order valence-electron chi connectivity index (χ4n) is 5.15. The zero-order valence-corrected chi connectivity index (χ0v) is 17.9. The number of piperidine rings is 1. The summed E-state index contributed by atoms with van der Waals surface area (Å²) < 4.78 is 0. The van der Waals surface area contributed by atoms with E-state index in [4.69, 9.17) is 0 Å². The first-order chi connectivity index (χ1) is 14.2. The van der Waals surface area contributed by atoms with Crippen molar-refractivity contribution in [1.82, 2.24) is 20.1 Å². The lowest BCUT2D eigenvalue weighted by Gasteiger charge is -2.35. The van der Waals surface area contributed by atoms with Gasteiger partial charge in [0.2, 0.25) is 0 Å². The van der Waals surface area contributed by atoms with Gasteiger partial charge >= 0.3 is 6.03 Å². The van der Waals surface area contributed by atoms with Crippen molar-refractivity contribution < 1.29 is 4.79 Å². The smallest absolute Gasteiger partial charge is 0.317 e. The van der Waals surface area contributed by atoms with Crippen molar-refractivity contribution >= 4 is 16.9 Å². The third-order valence-electron chi connectivity index (χ3n) is 6.70. The summed E-state index contributed by atoms with van der Waals surface area (Å²) in [6.45, 7) is 8.27. The average molecular weight is 397 g/mol. The van der Waals surface area contributed by atoms with Crippen molar-refractivity contribution in [3.8, 4) is 0 Å². The third-order valence-corrected chi connectivity index (χ3v) is 6.70. The number of nitrogens with one attached hydrogen (secondary N) is 2. The Morgan fingerprint density at radius 2 is 1.90 bits per heavy atom. The summed E-state index contributed by atoms with van der Waals surface area (Å²) in [5.41, 5.74) is 3.70. The first kappa shape index (κ1) is 20.3. The first-order valence-electron chi connectivity index (χ1n) is 11.5. The summed E-state index contributed by atoms with van der Waals surface area (Å²) in [6, 6.07) is 8.53. The number of nitrogens with zero attached hydrogens (tertiary/aromatic N) is 2. The van der Waals surface area contributed by atoms with Crippen LogP contribution in [-0.2, 0) is 6.42 Å². The molecule has 29 heavy (non-hydrogen) atoms. The van der Waals surface area contributed by atoms with Crippen LogP contribution in [0, 0.1) is 12.8 Å². The Morgan fingerprint density at radius 1 is 1.10 bits per heavy atom. The average Bonchev–Trinajstić information content (AvgIpc) is 2.88. The molecule has 2 fully saturated rings. The molecule has 1 aromatic heterocycles. The van der Waals surface area contributed by atoms with Crippen LogP contribution in [0.25, 0.3) is 10.9 Å². The lowest BCUT2D eigenvalue weighted by molar-refractivity contribution is 0.140. The van der Waals surface area contributed by atoms with E-state index in [-0.39, 0.29) is 6.03 Å². The standard InChI is InChI=1S/C24H36N4O/c1-19-21(22-10-4-5-11-23(22)26-19)12-13-25-24(29)28-16-8-9-20(18-28)17-27-14-6-2-3-7-15-27/h4-5,10-11,20,26H,2-3,6-9,12-18H2,1H3,(H,25,29). The lowest BCUT2D eigenvalue weighted by atomic mass is 9.97. The second-order valence-corrected chi connectivity index (χ2v) is 8.93. The van der Waals surface area contributed by atoms with Crippen LogP contribution < -0.4 is 5.32 Å². The fourth-order valence-corrected chi connectivity index (χ4v) is 5.15. The normalized spacial score (nSPS) is 21.3. The van der Waals surface area contributed by atoms with Crippen LogP contribution in [0.5, 0.6) is 0 Å². The van der Waals surface area contributed by atoms with E-state index in [1.807, 2.05) is 4.90 Å². The number of benzene rings is 1. The molecule has 2 aliphatic heterocycles. The Bertz CT molecular complexity index is 806. The lowest BCUT2D eigenvalue weighted by Crippen LogP contribution is -2.48. The summed E-state index contributed by atoms with van der Waals surface area (Å²) in [6.07, 6.45) is 8.69. The van der Waals surface area contributed by atoms with Crippen molar-refractivity contribution in [2.45, 2.75) is 51.9 Å². The molecule has 5 heteroatoms. The molecule has 2 saturated heterocycles. The van der Waals surface area contributed by atoms with Gasteiger partial charge in [0.05, 0.1) is 0 Å². The number of hydrogen-bond acceptors (Lipinski definition) is 2. The molecule has 158 valence electrons. The van der Waals surface area contributed by atoms with E-state index in [2.05, 4.69) is 46.4 Å². The van der Waals surface area contributed by atoms with E-state index < -0.39 is 0 Å². The number of rotatable bonds is 5. The largest absolute Gasteiger partial charge is 0.358 e. The number of urea groups is 1. The highest BCUT2D eigenvalue weighted by atomic mass is 16.2. The fraction of sp³-hybridized carbons (Fsp3) is 0.625. The molecule has 2 amide bonds. The highest BCUT2D eigenvalue weighted by molar-refractivity contribution is 5.84. The minimum atomic E-state index is 0.114. The molecule has 2 N–H and O–H groups in total. The van der Waals surface area contributed by atoms with Crippen molar-refractivity contribution in [3.05, 3.63) is 35.5 Å². The zero-order chi connectivity index (χ0) is 20.1. The topological polar surface area (TPSA) is 51.4 Å². The van der Waals surface area contributed by atoms with Crippen LogP contribution in [0.4, 0.5) is 4.79 Å². The van der Waals surface area contributed by atoms with Crippen LogP contribution in [-0.4, -0.2) is 60.1 Å². The SMILES string of the molecule is Cc1[nH]c2ccccc2c1CCNC(=O)N1CCCC(CN2CCCCCC2)C1. The maximum absolute atomic E-state index is 12.8. The summed E-state index contributed by atoms with van der Waals surface area (Å²) >= 11 is 0. The molecule has 0 aliphatic carbocycles. The van der Waals surface area contributed by atoms with E-state index in [1.165, 1.54) is 67.4 Å². The molecule has 2 aromatic rings. The van der Waals surface area contributed by atoms with Crippen molar-refractivity contribution in [1.29, 1.82) is 0 Å². The van der Waals surface area contributed by atoms with E-state index in [0.29, 0.717) is 12.5 Å². The number of aromatic nitrogens is 1. The van der Waals surface area contributed by atoms with Gasteiger partial charge in [-0.1, -0.05) is 31.0 Å². The van der Waals surface area contributed by atoms with Crippen LogP contribution in [0.1, 0.15) is 49.8 Å². The van der Waals surface area contributed by atoms with E-state index in [9.17, 15) is 4.79 Å². The van der Waals surface area contributed by atoms with E-state index >= 15 is 0 Å². The maximum atomic E-state index is 12.8. The van der Waals surface area contributed by atoms with Crippen LogP contribution >= 0.6 is 0 Å². The van der Waals surface area contributed by atoms with Gasteiger partial charge < -0.3 is 20.1 Å². The molecule has 0 spiro atoms. The molecular weight excluding hydrogens is 360 g/mol. The highest BCUT2D eigenvalue weighted by Crippen LogP contribution is 2.22. The number of amides is 2. The Kier molecular flexibility index (Phi) is 6.75. The van der Waals surface area contributed by atoms with Gasteiger partial charge in [-0.2, -0.15) is 0 Å². The number of para-hydroxylation sites is 1. The second-order valence-electron chi connectivity index (χ2n) is 8.93. The number of fused-ring (bicyclic) bond motifs is 1. The zero-order valence-electron chi connectivity index (χ0n) is 17.9. The molecule has 1 atom stereocenters. The Hall–Kier alpha value is -2.01. The minimum Gasteiger partial charge on any atom is -0.358 e. The van der Waals surface area contributed by atoms with Crippen LogP contribution in [0.15, 0.2) is 24.3 Å². The summed E-state index contributed by atoms with van der Waals surface area (Å²) in [7, 11) is 0. The van der Waals surface area contributed by atoms with Crippen molar-refractivity contribution in [3.63, 3.8) is 0 Å². The molecule has 3 heterocycles. The molecule has 0 saturated carbocycles. The molecule has 4 rings (SSSR count). The van der Waals surface area contributed by atoms with Gasteiger partial charge in [-0.15, -0.1) is 0 Å². The first-order valence-corrected chi connectivity index (χ1v) is 11.5. The van der Waals surface area contributed by atoms with E-state index in [0.717, 1.165) is 32.5 Å². The molecule has 5 nitrogen and oxygen atoms in total. The van der Waals surface area contributed by atoms with Gasteiger partial charge in [0.1, 0.15) is 0 Å². The summed E-state index contributed by atoms with van der Waals surface area (Å²) in [5.74, 6) is 0.628. The highest BCUT2D eigenvalue weighted by Gasteiger charge is 2.25. The van der Waals surface area contributed by atoms with Crippen LogP contribution in [0.3, 0.4) is 0 Å². The molecule has 1 aromatic carbocycles. The number of H-pyrrole nitrogens is 1. The second kappa shape index (κ2) is 9.66. The number of aromatic amines is 1. The monoisotopic (exact) mass is 396 g/mol. The molecule has 1 unspecified atom stereocenters. The summed E-state index contributed by atoms with van der Waals surface area (Å²) in [4.78, 5) is 20.9. The molecule has 2 aliphatic rings. The van der Waals surface area contributed by atoms with Gasteiger partial charge in [-0.05, 0) is 69.7 Å². The maximum Gasteiger partial charge on any atom is 0.317 e. The Morgan fingerprint density at radius 3 is 2.72 bits per heavy atom. The third kappa shape index (κ3) is 5.13. The molecular formula is C24H36N4O. The molecule has 0 bridgehead atoms. The summed E-state index contributed by atoms with van der Waals surface area (Å²) in [5, 5.41) is 4.45. The predicted octanol–water partition coefficient (Wildman–Crippen LogP) is 4.32. The van der Waals surface area contributed by atoms with Gasteiger partial charge in [0, 0.05) is 42.8 Å². The number of carbonyl (C=O) groups is 1. The van der Waals surface area contributed by atoms with Gasteiger partial charge in [-0.3, -0.25) is 0 Å². The van der Waals surface area contributed by atoms with E-state index in [1.54, 1.807) is 0 Å². The quantitative estimate of drug-likeness (QED) is 0.791. The predicted molar refractivity (Wildman–Crippen MR) is 119 cm³/mol. The van der Waals surface area contributed by atoms with Crippen molar-refractivity contribution in [2.24, 2.45) is 5.92 Å². The minimum absolute atomic E-state index is 0.114. The number of hydrogen-bond donors (Lipinski definition) is 2.